The quantitative estimate of drug-likeness (QED) is 0.837. The molecule has 0 radical (unpaired) electrons. The molecular weight excluding hydrogens is 208 g/mol. The molecule has 0 unspecified atom stereocenters. The maximum absolute atomic E-state index is 6.42. The van der Waals surface area contributed by atoms with E-state index < -0.39 is 0 Å². The second kappa shape index (κ2) is 2.94. The lowest BCUT2D eigenvalue weighted by Crippen LogP contribution is -2.22. The Morgan fingerprint density at radius 1 is 1.24 bits per heavy atom. The molecule has 0 spiro atoms. The largest absolute Gasteiger partial charge is 0.340 e. The van der Waals surface area contributed by atoms with Crippen LogP contribution in [0, 0.1) is 6.92 Å². The van der Waals surface area contributed by atoms with Crippen LogP contribution >= 0.6 is 0 Å². The molecule has 2 saturated carbocycles. The summed E-state index contributed by atoms with van der Waals surface area (Å²) < 4.78 is 2.52. The summed E-state index contributed by atoms with van der Waals surface area (Å²) in [5.41, 5.74) is 10.5. The van der Waals surface area contributed by atoms with Gasteiger partial charge in [-0.3, -0.25) is 0 Å². The average molecular weight is 226 g/mol. The topological polar surface area (TPSA) is 30.9 Å². The molecule has 17 heavy (non-hydrogen) atoms. The van der Waals surface area contributed by atoms with Crippen LogP contribution in [0.25, 0.3) is 10.9 Å². The van der Waals surface area contributed by atoms with E-state index in [0.717, 1.165) is 12.8 Å². The van der Waals surface area contributed by atoms with Crippen molar-refractivity contribution < 1.29 is 0 Å². The molecule has 1 aromatic heterocycles. The molecule has 2 heteroatoms. The number of aromatic nitrogens is 1. The number of nitrogens with two attached hydrogens (primary N) is 1. The van der Waals surface area contributed by atoms with Crippen molar-refractivity contribution in [1.29, 1.82) is 0 Å². The first-order valence-electron chi connectivity index (χ1n) is 6.58. The molecule has 2 aromatic rings. The van der Waals surface area contributed by atoms with Gasteiger partial charge < -0.3 is 10.3 Å². The second-order valence-electron chi connectivity index (χ2n) is 5.85. The van der Waals surface area contributed by atoms with Gasteiger partial charge in [0.15, 0.2) is 0 Å². The van der Waals surface area contributed by atoms with Gasteiger partial charge >= 0.3 is 0 Å². The summed E-state index contributed by atoms with van der Waals surface area (Å²) in [4.78, 5) is 0. The predicted octanol–water partition coefficient (Wildman–Crippen LogP) is 3.23. The third-order valence-corrected chi connectivity index (χ3v) is 4.21. The van der Waals surface area contributed by atoms with Crippen LogP contribution in [0.2, 0.25) is 0 Å². The Balaban J connectivity index is 2.02. The maximum atomic E-state index is 6.42. The van der Waals surface area contributed by atoms with Crippen LogP contribution < -0.4 is 5.73 Å². The van der Waals surface area contributed by atoms with E-state index in [1.54, 1.807) is 0 Å². The summed E-state index contributed by atoms with van der Waals surface area (Å²) in [5.74, 6) is 0. The number of benzene rings is 1. The Hall–Kier alpha value is -1.28. The van der Waals surface area contributed by atoms with Gasteiger partial charge in [0, 0.05) is 17.3 Å². The van der Waals surface area contributed by atoms with Gasteiger partial charge in [0.2, 0.25) is 0 Å². The fraction of sp³-hybridized carbons (Fsp3) is 0.467. The molecular formula is C15H18N2. The van der Waals surface area contributed by atoms with Crippen LogP contribution in [0.5, 0.6) is 0 Å². The highest BCUT2D eigenvalue weighted by Gasteiger charge is 2.44. The van der Waals surface area contributed by atoms with Crippen molar-refractivity contribution in [3.63, 3.8) is 0 Å². The van der Waals surface area contributed by atoms with Gasteiger partial charge in [-0.2, -0.15) is 0 Å². The summed E-state index contributed by atoms with van der Waals surface area (Å²) in [7, 11) is 0. The summed E-state index contributed by atoms with van der Waals surface area (Å²) in [6.45, 7) is 2.17. The summed E-state index contributed by atoms with van der Waals surface area (Å²) in [5, 5.41) is 1.36. The number of nitrogens with zero attached hydrogens (tertiary/aromatic N) is 1. The number of hydrogen-bond acceptors (Lipinski definition) is 1. The summed E-state index contributed by atoms with van der Waals surface area (Å²) >= 11 is 0. The molecule has 2 nitrogen and oxygen atoms in total. The standard InChI is InChI=1S/C15H18N2/c1-10-2-3-11-9-14(15(16)6-7-15)17(12-4-5-12)13(11)8-10/h2-3,8-9,12H,4-7,16H2,1H3. The fourth-order valence-corrected chi connectivity index (χ4v) is 2.83. The van der Waals surface area contributed by atoms with Gasteiger partial charge in [-0.15, -0.1) is 0 Å². The van der Waals surface area contributed by atoms with E-state index >= 15 is 0 Å². The highest BCUT2D eigenvalue weighted by Crippen LogP contribution is 2.49. The van der Waals surface area contributed by atoms with Crippen LogP contribution in [0.1, 0.15) is 43.0 Å². The zero-order valence-electron chi connectivity index (χ0n) is 10.2. The van der Waals surface area contributed by atoms with Gasteiger partial charge in [-0.1, -0.05) is 12.1 Å². The zero-order valence-corrected chi connectivity index (χ0v) is 10.2. The summed E-state index contributed by atoms with van der Waals surface area (Å²) in [6, 6.07) is 9.77. The van der Waals surface area contributed by atoms with E-state index in [0.29, 0.717) is 6.04 Å². The van der Waals surface area contributed by atoms with Crippen molar-refractivity contribution in [2.75, 3.05) is 0 Å². The number of aryl methyl sites for hydroxylation is 1. The lowest BCUT2D eigenvalue weighted by atomic mass is 10.1. The normalized spacial score (nSPS) is 22.0. The molecule has 0 saturated heterocycles. The molecule has 2 aliphatic carbocycles. The van der Waals surface area contributed by atoms with E-state index in [1.165, 1.54) is 35.0 Å². The molecule has 88 valence electrons. The van der Waals surface area contributed by atoms with Crippen molar-refractivity contribution in [3.05, 3.63) is 35.5 Å². The second-order valence-corrected chi connectivity index (χ2v) is 5.85. The molecule has 0 atom stereocenters. The third kappa shape index (κ3) is 1.37. The minimum Gasteiger partial charge on any atom is -0.340 e. The highest BCUT2D eigenvalue weighted by atomic mass is 15.1. The Morgan fingerprint density at radius 2 is 2.00 bits per heavy atom. The molecule has 0 bridgehead atoms. The van der Waals surface area contributed by atoms with Gasteiger partial charge in [0.05, 0.1) is 5.54 Å². The monoisotopic (exact) mass is 226 g/mol. The molecule has 0 amide bonds. The average Bonchev–Trinajstić information content (AvgIpc) is 3.21. The molecule has 2 fully saturated rings. The van der Waals surface area contributed by atoms with Gasteiger partial charge in [0.1, 0.15) is 0 Å². The summed E-state index contributed by atoms with van der Waals surface area (Å²) in [6.07, 6.45) is 4.94. The molecule has 1 heterocycles. The van der Waals surface area contributed by atoms with Crippen molar-refractivity contribution in [3.8, 4) is 0 Å². The maximum Gasteiger partial charge on any atom is 0.0565 e. The Bertz CT molecular complexity index is 601. The Kier molecular flexibility index (Phi) is 1.68. The smallest absolute Gasteiger partial charge is 0.0565 e. The SMILES string of the molecule is Cc1ccc2cc(C3(N)CC3)n(C3CC3)c2c1. The number of rotatable bonds is 2. The zero-order chi connectivity index (χ0) is 11.6. The van der Waals surface area contributed by atoms with Gasteiger partial charge in [0.25, 0.3) is 0 Å². The van der Waals surface area contributed by atoms with Crippen molar-refractivity contribution in [2.24, 2.45) is 5.73 Å². The van der Waals surface area contributed by atoms with Crippen molar-refractivity contribution in [1.82, 2.24) is 4.57 Å². The molecule has 4 rings (SSSR count). The van der Waals surface area contributed by atoms with E-state index in [2.05, 4.69) is 35.8 Å². The molecule has 2 aliphatic rings. The first-order valence-corrected chi connectivity index (χ1v) is 6.58. The molecule has 0 aliphatic heterocycles. The van der Waals surface area contributed by atoms with Crippen molar-refractivity contribution in [2.45, 2.75) is 44.2 Å². The van der Waals surface area contributed by atoms with Gasteiger partial charge in [-0.05, 0) is 55.7 Å². The van der Waals surface area contributed by atoms with Crippen LogP contribution in [0.4, 0.5) is 0 Å². The van der Waals surface area contributed by atoms with E-state index in [4.69, 9.17) is 5.73 Å². The minimum absolute atomic E-state index is 0.0183. The van der Waals surface area contributed by atoms with Gasteiger partial charge in [-0.25, -0.2) is 0 Å². The van der Waals surface area contributed by atoms with Crippen LogP contribution in [0.3, 0.4) is 0 Å². The predicted molar refractivity (Wildman–Crippen MR) is 70.0 cm³/mol. The highest BCUT2D eigenvalue weighted by molar-refractivity contribution is 5.83. The van der Waals surface area contributed by atoms with E-state index in [1.807, 2.05) is 0 Å². The van der Waals surface area contributed by atoms with Crippen LogP contribution in [-0.4, -0.2) is 4.57 Å². The van der Waals surface area contributed by atoms with E-state index in [9.17, 15) is 0 Å². The Morgan fingerprint density at radius 3 is 2.65 bits per heavy atom. The first-order chi connectivity index (χ1) is 8.17. The molecule has 1 aromatic carbocycles. The lowest BCUT2D eigenvalue weighted by molar-refractivity contribution is 0.621. The number of hydrogen-bond donors (Lipinski definition) is 1. The third-order valence-electron chi connectivity index (χ3n) is 4.21. The first kappa shape index (κ1) is 9.72. The Labute approximate surface area is 101 Å². The van der Waals surface area contributed by atoms with E-state index in [-0.39, 0.29) is 5.54 Å². The minimum atomic E-state index is -0.0183. The van der Waals surface area contributed by atoms with Crippen LogP contribution in [-0.2, 0) is 5.54 Å². The molecule has 2 N–H and O–H groups in total. The van der Waals surface area contributed by atoms with Crippen LogP contribution in [0.15, 0.2) is 24.3 Å². The number of fused-ring (bicyclic) bond motifs is 1. The lowest BCUT2D eigenvalue weighted by Gasteiger charge is -2.14. The van der Waals surface area contributed by atoms with Crippen molar-refractivity contribution >= 4 is 10.9 Å². The fourth-order valence-electron chi connectivity index (χ4n) is 2.83.